The fraction of sp³-hybridized carbons (Fsp3) is 0.444. The molecule has 3 heterocycles. The number of anilines is 1. The topological polar surface area (TPSA) is 54.7 Å². The van der Waals surface area contributed by atoms with Crippen molar-refractivity contribution in [2.24, 2.45) is 0 Å². The van der Waals surface area contributed by atoms with Crippen LogP contribution < -0.4 is 5.32 Å². The number of hydrogen-bond donors (Lipinski definition) is 1. The Morgan fingerprint density at radius 3 is 3.00 bits per heavy atom. The van der Waals surface area contributed by atoms with E-state index in [0.717, 1.165) is 42.0 Å². The summed E-state index contributed by atoms with van der Waals surface area (Å²) >= 11 is 1.57. The molecule has 2 atom stereocenters. The summed E-state index contributed by atoms with van der Waals surface area (Å²) in [5.41, 5.74) is 2.34. The van der Waals surface area contributed by atoms with E-state index >= 15 is 0 Å². The number of benzene rings is 1. The predicted molar refractivity (Wildman–Crippen MR) is 100 cm³/mol. The van der Waals surface area contributed by atoms with Crippen molar-refractivity contribution in [3.63, 3.8) is 0 Å². The van der Waals surface area contributed by atoms with E-state index in [-0.39, 0.29) is 12.1 Å². The van der Waals surface area contributed by atoms with Gasteiger partial charge in [0.15, 0.2) is 0 Å². The van der Waals surface area contributed by atoms with Crippen molar-refractivity contribution in [1.82, 2.24) is 19.5 Å². The van der Waals surface area contributed by atoms with Gasteiger partial charge in [-0.2, -0.15) is 0 Å². The second-order valence-electron chi connectivity index (χ2n) is 6.58. The number of rotatable bonds is 5. The summed E-state index contributed by atoms with van der Waals surface area (Å²) in [6.45, 7) is 7.77. The fourth-order valence-electron chi connectivity index (χ4n) is 3.17. The van der Waals surface area contributed by atoms with Gasteiger partial charge in [-0.3, -0.25) is 4.90 Å². The average Bonchev–Trinajstić information content (AvgIpc) is 3.12. The van der Waals surface area contributed by atoms with E-state index in [1.807, 2.05) is 17.6 Å². The zero-order valence-corrected chi connectivity index (χ0v) is 15.4. The molecule has 25 heavy (non-hydrogen) atoms. The van der Waals surface area contributed by atoms with E-state index in [0.29, 0.717) is 0 Å². The van der Waals surface area contributed by atoms with E-state index in [2.05, 4.69) is 57.6 Å². The largest absolute Gasteiger partial charge is 0.373 e. The first kappa shape index (κ1) is 16.5. The first-order valence-corrected chi connectivity index (χ1v) is 9.46. The standard InChI is InChI=1S/C18H23N5OS/c1-13-10-23-18(19-13)25-17(21-23)20-14(2)16-12-22(8-9-24-16)11-15-6-4-3-5-7-15/h3-7,10,14,16H,8-9,11-12H2,1-2H3,(H,20,21). The maximum absolute atomic E-state index is 6.00. The van der Waals surface area contributed by atoms with Gasteiger partial charge in [-0.15, -0.1) is 5.10 Å². The van der Waals surface area contributed by atoms with Gasteiger partial charge in [0.05, 0.1) is 30.6 Å². The quantitative estimate of drug-likeness (QED) is 0.761. The Kier molecular flexibility index (Phi) is 4.70. The van der Waals surface area contributed by atoms with Gasteiger partial charge in [0.1, 0.15) is 0 Å². The molecule has 1 saturated heterocycles. The van der Waals surface area contributed by atoms with Crippen molar-refractivity contribution >= 4 is 21.4 Å². The summed E-state index contributed by atoms with van der Waals surface area (Å²) in [5.74, 6) is 0. The summed E-state index contributed by atoms with van der Waals surface area (Å²) < 4.78 is 7.84. The van der Waals surface area contributed by atoms with Crippen LogP contribution in [0.2, 0.25) is 0 Å². The van der Waals surface area contributed by atoms with Gasteiger partial charge in [0.25, 0.3) is 0 Å². The molecule has 3 aromatic rings. The van der Waals surface area contributed by atoms with Crippen molar-refractivity contribution in [3.05, 3.63) is 47.8 Å². The molecule has 6 nitrogen and oxygen atoms in total. The molecule has 0 aliphatic carbocycles. The lowest BCUT2D eigenvalue weighted by atomic mass is 10.1. The number of hydrogen-bond acceptors (Lipinski definition) is 6. The van der Waals surface area contributed by atoms with Gasteiger partial charge in [-0.05, 0) is 19.4 Å². The minimum Gasteiger partial charge on any atom is -0.373 e. The van der Waals surface area contributed by atoms with Gasteiger partial charge < -0.3 is 10.1 Å². The highest BCUT2D eigenvalue weighted by Crippen LogP contribution is 2.21. The van der Waals surface area contributed by atoms with Gasteiger partial charge in [0.2, 0.25) is 10.1 Å². The van der Waals surface area contributed by atoms with Crippen LogP contribution in [-0.2, 0) is 11.3 Å². The number of fused-ring (bicyclic) bond motifs is 1. The summed E-state index contributed by atoms with van der Waals surface area (Å²) in [6.07, 6.45) is 2.09. The molecule has 2 unspecified atom stereocenters. The molecule has 132 valence electrons. The van der Waals surface area contributed by atoms with Crippen LogP contribution in [0.3, 0.4) is 0 Å². The molecule has 0 saturated carbocycles. The van der Waals surface area contributed by atoms with Crippen molar-refractivity contribution in [3.8, 4) is 0 Å². The number of aryl methyl sites for hydroxylation is 1. The van der Waals surface area contributed by atoms with Gasteiger partial charge in [-0.1, -0.05) is 41.7 Å². The lowest BCUT2D eigenvalue weighted by Gasteiger charge is -2.36. The van der Waals surface area contributed by atoms with Crippen LogP contribution in [0.1, 0.15) is 18.2 Å². The molecular weight excluding hydrogens is 334 g/mol. The van der Waals surface area contributed by atoms with Crippen LogP contribution in [0, 0.1) is 6.92 Å². The lowest BCUT2D eigenvalue weighted by Crippen LogP contribution is -2.48. The van der Waals surface area contributed by atoms with Crippen molar-refractivity contribution in [1.29, 1.82) is 0 Å². The average molecular weight is 357 g/mol. The first-order valence-electron chi connectivity index (χ1n) is 8.64. The summed E-state index contributed by atoms with van der Waals surface area (Å²) in [7, 11) is 0. The van der Waals surface area contributed by atoms with E-state index in [1.54, 1.807) is 11.3 Å². The third-order valence-electron chi connectivity index (χ3n) is 4.50. The minimum atomic E-state index is 0.149. The van der Waals surface area contributed by atoms with E-state index in [1.165, 1.54) is 5.56 Å². The molecule has 7 heteroatoms. The number of nitrogens with one attached hydrogen (secondary N) is 1. The number of morpholine rings is 1. The molecule has 2 aromatic heterocycles. The van der Waals surface area contributed by atoms with Gasteiger partial charge in [-0.25, -0.2) is 9.50 Å². The molecule has 1 aromatic carbocycles. The predicted octanol–water partition coefficient (Wildman–Crippen LogP) is 2.80. The second kappa shape index (κ2) is 7.11. The Morgan fingerprint density at radius 1 is 1.36 bits per heavy atom. The molecular formula is C18H23N5OS. The zero-order chi connectivity index (χ0) is 17.2. The Balaban J connectivity index is 1.37. The molecule has 1 fully saturated rings. The summed E-state index contributed by atoms with van der Waals surface area (Å²) in [6, 6.07) is 10.8. The Hall–Kier alpha value is -1.96. The van der Waals surface area contributed by atoms with Crippen LogP contribution in [0.5, 0.6) is 0 Å². The Labute approximate surface area is 151 Å². The van der Waals surface area contributed by atoms with Crippen LogP contribution in [-0.4, -0.2) is 51.3 Å². The fourth-order valence-corrected chi connectivity index (χ4v) is 4.10. The Morgan fingerprint density at radius 2 is 2.20 bits per heavy atom. The molecule has 0 bridgehead atoms. The molecule has 1 N–H and O–H groups in total. The molecule has 1 aliphatic rings. The summed E-state index contributed by atoms with van der Waals surface area (Å²) in [5, 5.41) is 8.92. The normalized spacial score (nSPS) is 20.0. The first-order chi connectivity index (χ1) is 12.2. The monoisotopic (exact) mass is 357 g/mol. The van der Waals surface area contributed by atoms with Crippen LogP contribution in [0.15, 0.2) is 36.5 Å². The maximum Gasteiger partial charge on any atom is 0.214 e. The lowest BCUT2D eigenvalue weighted by molar-refractivity contribution is -0.0373. The second-order valence-corrected chi connectivity index (χ2v) is 7.54. The smallest absolute Gasteiger partial charge is 0.214 e. The third kappa shape index (κ3) is 3.84. The summed E-state index contributed by atoms with van der Waals surface area (Å²) in [4.78, 5) is 7.83. The van der Waals surface area contributed by atoms with Gasteiger partial charge in [0, 0.05) is 19.6 Å². The number of nitrogens with zero attached hydrogens (tertiary/aromatic N) is 4. The highest BCUT2D eigenvalue weighted by Gasteiger charge is 2.26. The maximum atomic E-state index is 6.00. The van der Waals surface area contributed by atoms with Gasteiger partial charge >= 0.3 is 0 Å². The van der Waals surface area contributed by atoms with Crippen molar-refractivity contribution in [2.75, 3.05) is 25.0 Å². The molecule has 0 radical (unpaired) electrons. The number of ether oxygens (including phenoxy) is 1. The van der Waals surface area contributed by atoms with Crippen molar-refractivity contribution < 1.29 is 4.74 Å². The highest BCUT2D eigenvalue weighted by atomic mass is 32.1. The van der Waals surface area contributed by atoms with Crippen LogP contribution >= 0.6 is 11.3 Å². The SMILES string of the molecule is Cc1cn2nc(NC(C)C3CN(Cc4ccccc4)CCO3)sc2n1. The van der Waals surface area contributed by atoms with Crippen LogP contribution in [0.25, 0.3) is 4.96 Å². The number of aromatic nitrogens is 3. The van der Waals surface area contributed by atoms with Crippen molar-refractivity contribution in [2.45, 2.75) is 32.5 Å². The van der Waals surface area contributed by atoms with E-state index in [9.17, 15) is 0 Å². The molecule has 0 spiro atoms. The highest BCUT2D eigenvalue weighted by molar-refractivity contribution is 7.20. The third-order valence-corrected chi connectivity index (χ3v) is 5.35. The van der Waals surface area contributed by atoms with E-state index < -0.39 is 0 Å². The molecule has 4 rings (SSSR count). The Bertz CT molecular complexity index is 799. The zero-order valence-electron chi connectivity index (χ0n) is 14.6. The number of imidazole rings is 1. The van der Waals surface area contributed by atoms with E-state index in [4.69, 9.17) is 4.74 Å². The minimum absolute atomic E-state index is 0.149. The molecule has 1 aliphatic heterocycles. The van der Waals surface area contributed by atoms with Crippen LogP contribution in [0.4, 0.5) is 5.13 Å². The molecule has 0 amide bonds.